The Labute approximate surface area is 97.3 Å². The fraction of sp³-hybridized carbons (Fsp3) is 0.917. The first-order valence-corrected chi connectivity index (χ1v) is 6.31. The van der Waals surface area contributed by atoms with Crippen LogP contribution in [0.2, 0.25) is 0 Å². The van der Waals surface area contributed by atoms with E-state index in [0.29, 0.717) is 11.8 Å². The maximum Gasteiger partial charge on any atom is 0.228 e. The zero-order valence-electron chi connectivity index (χ0n) is 10.2. The number of likely N-dealkylation sites (tertiary alicyclic amines) is 1. The normalized spacial score (nSPS) is 33.1. The van der Waals surface area contributed by atoms with Crippen LogP contribution in [0.25, 0.3) is 0 Å². The second-order valence-electron chi connectivity index (χ2n) is 4.83. The van der Waals surface area contributed by atoms with Gasteiger partial charge >= 0.3 is 0 Å². The summed E-state index contributed by atoms with van der Waals surface area (Å²) in [4.78, 5) is 14.1. The van der Waals surface area contributed by atoms with Crippen molar-refractivity contribution in [2.75, 3.05) is 33.3 Å². The number of carbonyl (C=O) groups is 1. The highest BCUT2D eigenvalue weighted by atomic mass is 16.5. The van der Waals surface area contributed by atoms with Crippen LogP contribution in [0.1, 0.15) is 19.8 Å². The molecule has 16 heavy (non-hydrogen) atoms. The molecule has 1 amide bonds. The highest BCUT2D eigenvalue weighted by Gasteiger charge is 2.46. The van der Waals surface area contributed by atoms with Gasteiger partial charge in [0.2, 0.25) is 5.91 Å². The van der Waals surface area contributed by atoms with E-state index < -0.39 is 0 Å². The molecule has 4 nitrogen and oxygen atoms in total. The first-order valence-electron chi connectivity index (χ1n) is 6.31. The molecule has 2 fully saturated rings. The molecule has 0 spiro atoms. The minimum Gasteiger partial charge on any atom is -0.378 e. The minimum atomic E-state index is 0.160. The zero-order valence-corrected chi connectivity index (χ0v) is 10.2. The molecule has 1 aliphatic carbocycles. The van der Waals surface area contributed by atoms with E-state index >= 15 is 0 Å². The lowest BCUT2D eigenvalue weighted by Crippen LogP contribution is -2.32. The van der Waals surface area contributed by atoms with Crippen LogP contribution in [-0.2, 0) is 9.53 Å². The van der Waals surface area contributed by atoms with Gasteiger partial charge in [-0.1, -0.05) is 0 Å². The number of amides is 1. The summed E-state index contributed by atoms with van der Waals surface area (Å²) >= 11 is 0. The molecule has 1 N–H and O–H groups in total. The molecule has 1 aliphatic heterocycles. The van der Waals surface area contributed by atoms with E-state index in [1.54, 1.807) is 0 Å². The van der Waals surface area contributed by atoms with Gasteiger partial charge in [0.1, 0.15) is 0 Å². The van der Waals surface area contributed by atoms with Gasteiger partial charge in [0.05, 0.1) is 12.0 Å². The monoisotopic (exact) mass is 226 g/mol. The lowest BCUT2D eigenvalue weighted by atomic mass is 10.1. The summed E-state index contributed by atoms with van der Waals surface area (Å²) in [6.45, 7) is 5.58. The maximum absolute atomic E-state index is 12.1. The molecule has 4 heteroatoms. The molecular weight excluding hydrogens is 204 g/mol. The Morgan fingerprint density at radius 1 is 1.56 bits per heavy atom. The molecule has 0 aromatic rings. The van der Waals surface area contributed by atoms with Gasteiger partial charge in [-0.15, -0.1) is 0 Å². The van der Waals surface area contributed by atoms with Gasteiger partial charge in [-0.25, -0.2) is 0 Å². The highest BCUT2D eigenvalue weighted by Crippen LogP contribution is 2.36. The third-order valence-electron chi connectivity index (χ3n) is 3.52. The van der Waals surface area contributed by atoms with Crippen LogP contribution in [0.15, 0.2) is 0 Å². The van der Waals surface area contributed by atoms with E-state index in [1.807, 2.05) is 18.9 Å². The van der Waals surface area contributed by atoms with Gasteiger partial charge in [-0.3, -0.25) is 4.79 Å². The predicted octanol–water partition coefficient (Wildman–Crippen LogP) is 0.479. The van der Waals surface area contributed by atoms with E-state index in [-0.39, 0.29) is 12.0 Å². The van der Waals surface area contributed by atoms with E-state index in [1.165, 1.54) is 0 Å². The number of nitrogens with one attached hydrogen (secondary N) is 1. The van der Waals surface area contributed by atoms with Crippen LogP contribution in [-0.4, -0.2) is 50.2 Å². The highest BCUT2D eigenvalue weighted by molar-refractivity contribution is 5.82. The molecule has 92 valence electrons. The Kier molecular flexibility index (Phi) is 3.82. The fourth-order valence-corrected chi connectivity index (χ4v) is 2.55. The zero-order chi connectivity index (χ0) is 11.5. The van der Waals surface area contributed by atoms with E-state index in [9.17, 15) is 4.79 Å². The predicted molar refractivity (Wildman–Crippen MR) is 62.1 cm³/mol. The Balaban J connectivity index is 1.75. The van der Waals surface area contributed by atoms with Crippen molar-refractivity contribution in [1.29, 1.82) is 0 Å². The maximum atomic E-state index is 12.1. The van der Waals surface area contributed by atoms with Crippen molar-refractivity contribution < 1.29 is 9.53 Å². The Bertz CT molecular complexity index is 257. The summed E-state index contributed by atoms with van der Waals surface area (Å²) in [5.41, 5.74) is 0. The third-order valence-corrected chi connectivity index (χ3v) is 3.52. The topological polar surface area (TPSA) is 41.6 Å². The van der Waals surface area contributed by atoms with Gasteiger partial charge < -0.3 is 15.0 Å². The van der Waals surface area contributed by atoms with Crippen LogP contribution in [0, 0.1) is 11.8 Å². The second-order valence-corrected chi connectivity index (χ2v) is 4.83. The summed E-state index contributed by atoms with van der Waals surface area (Å²) in [5, 5.41) is 3.18. The average Bonchev–Trinajstić information content (AvgIpc) is 2.87. The van der Waals surface area contributed by atoms with Crippen molar-refractivity contribution in [3.63, 3.8) is 0 Å². The average molecular weight is 226 g/mol. The Morgan fingerprint density at radius 3 is 3.06 bits per heavy atom. The lowest BCUT2D eigenvalue weighted by molar-refractivity contribution is -0.132. The summed E-state index contributed by atoms with van der Waals surface area (Å²) in [6.07, 6.45) is 2.28. The number of hydrogen-bond acceptors (Lipinski definition) is 3. The summed E-state index contributed by atoms with van der Waals surface area (Å²) in [5.74, 6) is 1.11. The van der Waals surface area contributed by atoms with Crippen molar-refractivity contribution in [2.24, 2.45) is 11.8 Å². The van der Waals surface area contributed by atoms with E-state index in [4.69, 9.17) is 4.74 Å². The SMILES string of the molecule is CCOC1CC1C(=O)N1CCC(CNC)C1. The molecule has 1 saturated heterocycles. The molecule has 3 unspecified atom stereocenters. The largest absolute Gasteiger partial charge is 0.378 e. The number of rotatable bonds is 5. The quantitative estimate of drug-likeness (QED) is 0.741. The molecule has 0 radical (unpaired) electrons. The Hall–Kier alpha value is -0.610. The molecule has 0 aromatic heterocycles. The van der Waals surface area contributed by atoms with Gasteiger partial charge in [0.25, 0.3) is 0 Å². The van der Waals surface area contributed by atoms with Crippen molar-refractivity contribution in [2.45, 2.75) is 25.9 Å². The lowest BCUT2D eigenvalue weighted by Gasteiger charge is -2.16. The molecule has 3 atom stereocenters. The molecule has 0 aromatic carbocycles. The Morgan fingerprint density at radius 2 is 2.38 bits per heavy atom. The van der Waals surface area contributed by atoms with Crippen LogP contribution in [0.3, 0.4) is 0 Å². The fourth-order valence-electron chi connectivity index (χ4n) is 2.55. The van der Waals surface area contributed by atoms with E-state index in [2.05, 4.69) is 5.32 Å². The van der Waals surface area contributed by atoms with Crippen molar-refractivity contribution in [3.8, 4) is 0 Å². The number of hydrogen-bond donors (Lipinski definition) is 1. The van der Waals surface area contributed by atoms with Gasteiger partial charge in [-0.05, 0) is 39.3 Å². The van der Waals surface area contributed by atoms with Gasteiger partial charge in [0.15, 0.2) is 0 Å². The summed E-state index contributed by atoms with van der Waals surface area (Å²) in [7, 11) is 1.97. The molecule has 1 heterocycles. The standard InChI is InChI=1S/C12H22N2O2/c1-3-16-11-6-10(11)12(15)14-5-4-9(8-14)7-13-2/h9-11,13H,3-8H2,1-2H3. The summed E-state index contributed by atoms with van der Waals surface area (Å²) < 4.78 is 5.46. The number of ether oxygens (including phenoxy) is 1. The molecular formula is C12H22N2O2. The van der Waals surface area contributed by atoms with Crippen LogP contribution in [0.5, 0.6) is 0 Å². The minimum absolute atomic E-state index is 0.160. The van der Waals surface area contributed by atoms with Crippen LogP contribution in [0.4, 0.5) is 0 Å². The first-order chi connectivity index (χ1) is 7.76. The third kappa shape index (κ3) is 2.55. The van der Waals surface area contributed by atoms with Crippen LogP contribution >= 0.6 is 0 Å². The van der Waals surface area contributed by atoms with Gasteiger partial charge in [0, 0.05) is 19.7 Å². The second kappa shape index (κ2) is 5.15. The molecule has 0 bridgehead atoms. The molecule has 1 saturated carbocycles. The van der Waals surface area contributed by atoms with Crippen LogP contribution < -0.4 is 5.32 Å². The van der Waals surface area contributed by atoms with Crippen molar-refractivity contribution in [3.05, 3.63) is 0 Å². The smallest absolute Gasteiger partial charge is 0.228 e. The summed E-state index contributed by atoms with van der Waals surface area (Å²) in [6, 6.07) is 0. The molecule has 2 rings (SSSR count). The molecule has 2 aliphatic rings. The van der Waals surface area contributed by atoms with E-state index in [0.717, 1.165) is 39.1 Å². The van der Waals surface area contributed by atoms with Gasteiger partial charge in [-0.2, -0.15) is 0 Å². The van der Waals surface area contributed by atoms with Crippen molar-refractivity contribution >= 4 is 5.91 Å². The first kappa shape index (κ1) is 11.9. The number of nitrogens with zero attached hydrogens (tertiary/aromatic N) is 1. The number of carbonyl (C=O) groups excluding carboxylic acids is 1. The van der Waals surface area contributed by atoms with Crippen molar-refractivity contribution in [1.82, 2.24) is 10.2 Å².